The molecule has 2 heterocycles. The van der Waals surface area contributed by atoms with Gasteiger partial charge in [-0.25, -0.2) is 4.98 Å². The minimum Gasteiger partial charge on any atom is -0.394 e. The number of imidazole rings is 1. The highest BCUT2D eigenvalue weighted by Crippen LogP contribution is 2.33. The van der Waals surface area contributed by atoms with E-state index in [9.17, 15) is 14.7 Å². The minimum atomic E-state index is -0.514. The van der Waals surface area contributed by atoms with Crippen molar-refractivity contribution in [3.05, 3.63) is 83.4 Å². The van der Waals surface area contributed by atoms with Gasteiger partial charge in [-0.2, -0.15) is 0 Å². The van der Waals surface area contributed by atoms with E-state index in [-0.39, 0.29) is 18.4 Å². The van der Waals surface area contributed by atoms with Gasteiger partial charge in [0.1, 0.15) is 5.82 Å². The van der Waals surface area contributed by atoms with Crippen molar-refractivity contribution in [1.82, 2.24) is 15.3 Å². The van der Waals surface area contributed by atoms with Crippen LogP contribution < -0.4 is 10.6 Å². The molecule has 28 heavy (non-hydrogen) atoms. The number of hydrogen-bond acceptors (Lipinski definition) is 4. The Morgan fingerprint density at radius 1 is 1.21 bits per heavy atom. The maximum absolute atomic E-state index is 12.7. The van der Waals surface area contributed by atoms with Crippen LogP contribution in [0.2, 0.25) is 0 Å². The zero-order chi connectivity index (χ0) is 19.5. The predicted octanol–water partition coefficient (Wildman–Crippen LogP) is 2.37. The zero-order valence-electron chi connectivity index (χ0n) is 14.8. The summed E-state index contributed by atoms with van der Waals surface area (Å²) in [7, 11) is 0. The molecule has 140 valence electrons. The summed E-state index contributed by atoms with van der Waals surface area (Å²) in [6, 6.07) is 13.7. The van der Waals surface area contributed by atoms with Crippen molar-refractivity contribution >= 4 is 29.2 Å². The van der Waals surface area contributed by atoms with Crippen LogP contribution in [0.5, 0.6) is 0 Å². The molecule has 1 atom stereocenters. The summed E-state index contributed by atoms with van der Waals surface area (Å²) in [5.74, 6) is -0.0267. The summed E-state index contributed by atoms with van der Waals surface area (Å²) in [4.78, 5) is 32.1. The number of aromatic amines is 1. The van der Waals surface area contributed by atoms with Gasteiger partial charge in [0.05, 0.1) is 18.2 Å². The highest BCUT2D eigenvalue weighted by Gasteiger charge is 2.26. The van der Waals surface area contributed by atoms with E-state index in [1.807, 2.05) is 30.3 Å². The average molecular weight is 374 g/mol. The first-order valence-corrected chi connectivity index (χ1v) is 8.79. The second-order valence-corrected chi connectivity index (χ2v) is 6.37. The van der Waals surface area contributed by atoms with Crippen LogP contribution in [-0.4, -0.2) is 33.5 Å². The van der Waals surface area contributed by atoms with E-state index in [0.29, 0.717) is 28.2 Å². The Morgan fingerprint density at radius 3 is 2.75 bits per heavy atom. The molecule has 0 unspecified atom stereocenters. The van der Waals surface area contributed by atoms with Gasteiger partial charge in [-0.15, -0.1) is 0 Å². The molecule has 1 aliphatic heterocycles. The number of aliphatic hydroxyl groups excluding tert-OH is 1. The molecule has 0 saturated heterocycles. The van der Waals surface area contributed by atoms with Gasteiger partial charge in [0, 0.05) is 29.2 Å². The first-order valence-electron chi connectivity index (χ1n) is 8.79. The lowest BCUT2D eigenvalue weighted by atomic mass is 10.0. The number of carbonyl (C=O) groups is 2. The standard InChI is InChI=1S/C21H18N4O3/c26-12-18(13-4-2-1-3-5-13)25-20(27)14-6-7-17-15(10-14)16(21(28)24-17)11-19-22-8-9-23-19/h1-11,18,26H,12H2,(H,22,23)(H,24,28)(H,25,27)/b16-11-/t18-/m1/s1. The number of nitrogens with zero attached hydrogens (tertiary/aromatic N) is 1. The topological polar surface area (TPSA) is 107 Å². The first kappa shape index (κ1) is 17.7. The van der Waals surface area contributed by atoms with Crippen LogP contribution in [0, 0.1) is 0 Å². The van der Waals surface area contributed by atoms with Crippen LogP contribution in [-0.2, 0) is 4.79 Å². The van der Waals surface area contributed by atoms with Gasteiger partial charge in [0.15, 0.2) is 0 Å². The van der Waals surface area contributed by atoms with Crippen molar-refractivity contribution in [3.63, 3.8) is 0 Å². The van der Waals surface area contributed by atoms with Crippen LogP contribution in [0.25, 0.3) is 11.6 Å². The Labute approximate surface area is 161 Å². The molecule has 3 aromatic rings. The number of H-pyrrole nitrogens is 1. The molecule has 4 N–H and O–H groups in total. The average Bonchev–Trinajstić information content (AvgIpc) is 3.34. The summed E-state index contributed by atoms with van der Waals surface area (Å²) in [6.45, 7) is -0.218. The molecule has 0 fully saturated rings. The number of nitrogens with one attached hydrogen (secondary N) is 3. The van der Waals surface area contributed by atoms with Gasteiger partial charge < -0.3 is 20.7 Å². The summed E-state index contributed by atoms with van der Waals surface area (Å²) < 4.78 is 0. The van der Waals surface area contributed by atoms with E-state index in [1.165, 1.54) is 0 Å². The lowest BCUT2D eigenvalue weighted by Crippen LogP contribution is -2.30. The van der Waals surface area contributed by atoms with Gasteiger partial charge in [0.2, 0.25) is 0 Å². The van der Waals surface area contributed by atoms with Gasteiger partial charge in [0.25, 0.3) is 11.8 Å². The Hall–Kier alpha value is -3.71. The van der Waals surface area contributed by atoms with Crippen LogP contribution >= 0.6 is 0 Å². The maximum Gasteiger partial charge on any atom is 0.256 e. The fourth-order valence-electron chi connectivity index (χ4n) is 3.13. The van der Waals surface area contributed by atoms with Crippen LogP contribution in [0.1, 0.15) is 33.4 Å². The molecule has 4 rings (SSSR count). The van der Waals surface area contributed by atoms with Crippen LogP contribution in [0.4, 0.5) is 5.69 Å². The Kier molecular flexibility index (Phi) is 4.74. The van der Waals surface area contributed by atoms with Gasteiger partial charge in [-0.3, -0.25) is 9.59 Å². The minimum absolute atomic E-state index is 0.218. The van der Waals surface area contributed by atoms with E-state index < -0.39 is 6.04 Å². The lowest BCUT2D eigenvalue weighted by molar-refractivity contribution is -0.110. The number of amides is 2. The fourth-order valence-corrected chi connectivity index (χ4v) is 3.13. The fraction of sp³-hybridized carbons (Fsp3) is 0.0952. The molecule has 0 saturated carbocycles. The maximum atomic E-state index is 12.7. The Balaban J connectivity index is 1.61. The third-order valence-corrected chi connectivity index (χ3v) is 4.56. The number of fused-ring (bicyclic) bond motifs is 1. The molecule has 1 aliphatic rings. The van der Waals surface area contributed by atoms with Gasteiger partial charge in [-0.05, 0) is 29.8 Å². The van der Waals surface area contributed by atoms with Crippen molar-refractivity contribution in [1.29, 1.82) is 0 Å². The number of anilines is 1. The van der Waals surface area contributed by atoms with Crippen molar-refractivity contribution in [2.24, 2.45) is 0 Å². The number of aliphatic hydroxyl groups is 1. The summed E-state index contributed by atoms with van der Waals surface area (Å²) in [6.07, 6.45) is 4.91. The molecule has 0 bridgehead atoms. The SMILES string of the molecule is O=C1Nc2ccc(C(=O)N[C@H](CO)c3ccccc3)cc2/C1=C/c1ncc[nH]1. The Morgan fingerprint density at radius 2 is 2.04 bits per heavy atom. The van der Waals surface area contributed by atoms with E-state index in [2.05, 4.69) is 20.6 Å². The van der Waals surface area contributed by atoms with Crippen molar-refractivity contribution in [2.45, 2.75) is 6.04 Å². The molecule has 7 heteroatoms. The van der Waals surface area contributed by atoms with E-state index in [1.54, 1.807) is 36.7 Å². The highest BCUT2D eigenvalue weighted by atomic mass is 16.3. The van der Waals surface area contributed by atoms with E-state index in [0.717, 1.165) is 5.56 Å². The number of hydrogen-bond donors (Lipinski definition) is 4. The summed E-state index contributed by atoms with van der Waals surface area (Å²) in [5, 5.41) is 15.3. The molecule has 7 nitrogen and oxygen atoms in total. The number of carbonyl (C=O) groups excluding carboxylic acids is 2. The van der Waals surface area contributed by atoms with Crippen molar-refractivity contribution in [3.8, 4) is 0 Å². The quantitative estimate of drug-likeness (QED) is 0.514. The number of rotatable bonds is 5. The largest absolute Gasteiger partial charge is 0.394 e. The van der Waals surface area contributed by atoms with E-state index in [4.69, 9.17) is 0 Å². The lowest BCUT2D eigenvalue weighted by Gasteiger charge is -2.17. The van der Waals surface area contributed by atoms with E-state index >= 15 is 0 Å². The second-order valence-electron chi connectivity index (χ2n) is 6.37. The third kappa shape index (κ3) is 3.43. The molecule has 0 spiro atoms. The normalized spacial score (nSPS) is 15.2. The third-order valence-electron chi connectivity index (χ3n) is 4.56. The molecule has 0 aliphatic carbocycles. The molecule has 0 radical (unpaired) electrons. The number of benzene rings is 2. The molecule has 2 aromatic carbocycles. The summed E-state index contributed by atoms with van der Waals surface area (Å²) >= 11 is 0. The van der Waals surface area contributed by atoms with Gasteiger partial charge in [-0.1, -0.05) is 30.3 Å². The second kappa shape index (κ2) is 7.50. The zero-order valence-corrected chi connectivity index (χ0v) is 14.8. The molecule has 2 amide bonds. The van der Waals surface area contributed by atoms with Crippen LogP contribution in [0.3, 0.4) is 0 Å². The summed E-state index contributed by atoms with van der Waals surface area (Å²) in [5.41, 5.74) is 2.92. The van der Waals surface area contributed by atoms with Crippen molar-refractivity contribution < 1.29 is 14.7 Å². The monoisotopic (exact) mass is 374 g/mol. The molecule has 1 aromatic heterocycles. The first-order chi connectivity index (χ1) is 13.7. The smallest absolute Gasteiger partial charge is 0.256 e. The molecular weight excluding hydrogens is 356 g/mol. The van der Waals surface area contributed by atoms with Gasteiger partial charge >= 0.3 is 0 Å². The van der Waals surface area contributed by atoms with Crippen molar-refractivity contribution in [2.75, 3.05) is 11.9 Å². The highest BCUT2D eigenvalue weighted by molar-refractivity contribution is 6.35. The predicted molar refractivity (Wildman–Crippen MR) is 105 cm³/mol. The molecular formula is C21H18N4O3. The van der Waals surface area contributed by atoms with Crippen LogP contribution in [0.15, 0.2) is 60.9 Å². The number of aromatic nitrogens is 2. The Bertz CT molecular complexity index is 1040.